The second kappa shape index (κ2) is 3.85. The molecular formula is C12H12N4S. The van der Waals surface area contributed by atoms with Crippen LogP contribution in [0.2, 0.25) is 0 Å². The largest absolute Gasteiger partial charge is 0.387 e. The van der Waals surface area contributed by atoms with Crippen molar-refractivity contribution >= 4 is 27.2 Å². The monoisotopic (exact) mass is 244 g/mol. The summed E-state index contributed by atoms with van der Waals surface area (Å²) in [7, 11) is 3.86. The fourth-order valence-corrected chi connectivity index (χ4v) is 2.75. The highest BCUT2D eigenvalue weighted by Crippen LogP contribution is 2.31. The average molecular weight is 244 g/mol. The van der Waals surface area contributed by atoms with Gasteiger partial charge in [-0.15, -0.1) is 11.3 Å². The van der Waals surface area contributed by atoms with Gasteiger partial charge >= 0.3 is 0 Å². The lowest BCUT2D eigenvalue weighted by atomic mass is 10.2. The standard InChI is InChI=1S/C12H12N4S/c1-13-10-7-9(11-3-5-14-16(11)2)15-8-4-6-17-12(8)10/h3-7H,1-2H3,(H,13,15). The fourth-order valence-electron chi connectivity index (χ4n) is 1.90. The van der Waals surface area contributed by atoms with Crippen molar-refractivity contribution < 1.29 is 0 Å². The van der Waals surface area contributed by atoms with Gasteiger partial charge in [0.05, 0.1) is 27.3 Å². The Morgan fingerprint density at radius 1 is 1.35 bits per heavy atom. The molecule has 86 valence electrons. The third kappa shape index (κ3) is 1.59. The van der Waals surface area contributed by atoms with Gasteiger partial charge < -0.3 is 5.32 Å². The van der Waals surface area contributed by atoms with Crippen LogP contribution in [0, 0.1) is 0 Å². The SMILES string of the molecule is CNc1cc(-c2ccnn2C)nc2ccsc12. The predicted molar refractivity (Wildman–Crippen MR) is 71.4 cm³/mol. The Labute approximate surface area is 103 Å². The summed E-state index contributed by atoms with van der Waals surface area (Å²) in [6.07, 6.45) is 1.79. The molecule has 0 aliphatic carbocycles. The molecule has 0 saturated carbocycles. The van der Waals surface area contributed by atoms with E-state index >= 15 is 0 Å². The Bertz CT molecular complexity index is 668. The van der Waals surface area contributed by atoms with Crippen LogP contribution in [-0.2, 0) is 7.05 Å². The molecule has 0 bridgehead atoms. The molecule has 0 spiro atoms. The highest BCUT2D eigenvalue weighted by molar-refractivity contribution is 7.17. The lowest BCUT2D eigenvalue weighted by Crippen LogP contribution is -1.97. The van der Waals surface area contributed by atoms with Gasteiger partial charge in [-0.25, -0.2) is 4.98 Å². The van der Waals surface area contributed by atoms with Crippen molar-refractivity contribution in [3.05, 3.63) is 29.8 Å². The van der Waals surface area contributed by atoms with Crippen LogP contribution >= 0.6 is 11.3 Å². The van der Waals surface area contributed by atoms with Crippen molar-refractivity contribution in [2.45, 2.75) is 0 Å². The van der Waals surface area contributed by atoms with Crippen LogP contribution in [0.4, 0.5) is 5.69 Å². The number of pyridine rings is 1. The molecule has 5 heteroatoms. The molecule has 3 heterocycles. The molecule has 4 nitrogen and oxygen atoms in total. The van der Waals surface area contributed by atoms with E-state index in [4.69, 9.17) is 0 Å². The number of nitrogens with zero attached hydrogens (tertiary/aromatic N) is 3. The third-order valence-electron chi connectivity index (χ3n) is 2.76. The van der Waals surface area contributed by atoms with Crippen molar-refractivity contribution in [3.8, 4) is 11.4 Å². The first-order valence-corrected chi connectivity index (χ1v) is 6.22. The summed E-state index contributed by atoms with van der Waals surface area (Å²) in [5.41, 5.74) is 4.11. The third-order valence-corrected chi connectivity index (χ3v) is 3.70. The van der Waals surface area contributed by atoms with Crippen molar-refractivity contribution in [2.75, 3.05) is 12.4 Å². The molecule has 0 atom stereocenters. The number of nitrogens with one attached hydrogen (secondary N) is 1. The molecule has 0 saturated heterocycles. The summed E-state index contributed by atoms with van der Waals surface area (Å²) < 4.78 is 3.03. The van der Waals surface area contributed by atoms with E-state index in [-0.39, 0.29) is 0 Å². The highest BCUT2D eigenvalue weighted by Gasteiger charge is 2.09. The Hall–Kier alpha value is -1.88. The average Bonchev–Trinajstić information content (AvgIpc) is 2.95. The van der Waals surface area contributed by atoms with Crippen LogP contribution in [0.5, 0.6) is 0 Å². The normalized spacial score (nSPS) is 10.9. The van der Waals surface area contributed by atoms with E-state index in [1.54, 1.807) is 17.5 Å². The maximum absolute atomic E-state index is 4.66. The number of rotatable bonds is 2. The molecule has 1 N–H and O–H groups in total. The molecule has 0 fully saturated rings. The molecule has 0 unspecified atom stereocenters. The minimum absolute atomic E-state index is 0.945. The highest BCUT2D eigenvalue weighted by atomic mass is 32.1. The van der Waals surface area contributed by atoms with E-state index in [9.17, 15) is 0 Å². The zero-order valence-corrected chi connectivity index (χ0v) is 10.5. The maximum Gasteiger partial charge on any atom is 0.0911 e. The minimum Gasteiger partial charge on any atom is -0.387 e. The summed E-state index contributed by atoms with van der Waals surface area (Å²) in [6.45, 7) is 0. The van der Waals surface area contributed by atoms with Crippen molar-refractivity contribution in [3.63, 3.8) is 0 Å². The van der Waals surface area contributed by atoms with Gasteiger partial charge in [-0.2, -0.15) is 5.10 Å². The van der Waals surface area contributed by atoms with Gasteiger partial charge in [-0.05, 0) is 23.6 Å². The quantitative estimate of drug-likeness (QED) is 0.753. The van der Waals surface area contributed by atoms with Gasteiger partial charge in [0.15, 0.2) is 0 Å². The van der Waals surface area contributed by atoms with Gasteiger partial charge in [0.1, 0.15) is 0 Å². The lowest BCUT2D eigenvalue weighted by molar-refractivity contribution is 0.774. The molecule has 3 rings (SSSR count). The molecule has 3 aromatic rings. The first-order chi connectivity index (χ1) is 8.29. The summed E-state index contributed by atoms with van der Waals surface area (Å²) in [5.74, 6) is 0. The van der Waals surface area contributed by atoms with Gasteiger partial charge in [-0.1, -0.05) is 0 Å². The number of aromatic nitrogens is 3. The molecule has 0 aromatic carbocycles. The lowest BCUT2D eigenvalue weighted by Gasteiger charge is -2.06. The van der Waals surface area contributed by atoms with E-state index in [0.29, 0.717) is 0 Å². The first-order valence-electron chi connectivity index (χ1n) is 5.34. The zero-order valence-electron chi connectivity index (χ0n) is 9.64. The zero-order chi connectivity index (χ0) is 11.8. The van der Waals surface area contributed by atoms with Crippen LogP contribution in [-0.4, -0.2) is 21.8 Å². The summed E-state index contributed by atoms with van der Waals surface area (Å²) in [4.78, 5) is 4.66. The second-order valence-electron chi connectivity index (χ2n) is 3.78. The molecular weight excluding hydrogens is 232 g/mol. The fraction of sp³-hybridized carbons (Fsp3) is 0.167. The van der Waals surface area contributed by atoms with Crippen LogP contribution in [0.25, 0.3) is 21.6 Å². The Kier molecular flexibility index (Phi) is 2.33. The van der Waals surface area contributed by atoms with Gasteiger partial charge in [0.2, 0.25) is 0 Å². The van der Waals surface area contributed by atoms with Gasteiger partial charge in [0, 0.05) is 20.3 Å². The summed E-state index contributed by atoms with van der Waals surface area (Å²) >= 11 is 1.70. The van der Waals surface area contributed by atoms with Crippen molar-refractivity contribution in [2.24, 2.45) is 7.05 Å². The topological polar surface area (TPSA) is 42.7 Å². The van der Waals surface area contributed by atoms with E-state index in [0.717, 1.165) is 22.6 Å². The van der Waals surface area contributed by atoms with Crippen LogP contribution < -0.4 is 5.32 Å². The van der Waals surface area contributed by atoms with Crippen molar-refractivity contribution in [1.29, 1.82) is 0 Å². The maximum atomic E-state index is 4.66. The molecule has 17 heavy (non-hydrogen) atoms. The Morgan fingerprint density at radius 2 is 2.24 bits per heavy atom. The van der Waals surface area contributed by atoms with E-state index in [1.165, 1.54) is 4.70 Å². The van der Waals surface area contributed by atoms with Crippen LogP contribution in [0.15, 0.2) is 29.8 Å². The number of hydrogen-bond donors (Lipinski definition) is 1. The van der Waals surface area contributed by atoms with E-state index < -0.39 is 0 Å². The second-order valence-corrected chi connectivity index (χ2v) is 4.70. The number of thiophene rings is 1. The molecule has 0 radical (unpaired) electrons. The number of hydrogen-bond acceptors (Lipinski definition) is 4. The minimum atomic E-state index is 0.945. The molecule has 3 aromatic heterocycles. The van der Waals surface area contributed by atoms with Crippen LogP contribution in [0.1, 0.15) is 0 Å². The van der Waals surface area contributed by atoms with Gasteiger partial charge in [0.25, 0.3) is 0 Å². The Balaban J connectivity index is 2.27. The molecule has 0 aliphatic heterocycles. The molecule has 0 amide bonds. The summed E-state index contributed by atoms with van der Waals surface area (Å²) in [6, 6.07) is 6.08. The van der Waals surface area contributed by atoms with E-state index in [1.807, 2.05) is 30.9 Å². The van der Waals surface area contributed by atoms with E-state index in [2.05, 4.69) is 26.8 Å². The van der Waals surface area contributed by atoms with Crippen molar-refractivity contribution in [1.82, 2.24) is 14.8 Å². The van der Waals surface area contributed by atoms with Gasteiger partial charge in [-0.3, -0.25) is 4.68 Å². The smallest absolute Gasteiger partial charge is 0.0911 e. The molecule has 0 aliphatic rings. The Morgan fingerprint density at radius 3 is 2.94 bits per heavy atom. The predicted octanol–water partition coefficient (Wildman–Crippen LogP) is 2.74. The number of fused-ring (bicyclic) bond motifs is 1. The first kappa shape index (κ1) is 10.3. The number of anilines is 1. The van der Waals surface area contributed by atoms with Crippen LogP contribution in [0.3, 0.4) is 0 Å². The number of aryl methyl sites for hydroxylation is 1. The summed E-state index contributed by atoms with van der Waals surface area (Å²) in [5, 5.41) is 9.45.